The van der Waals surface area contributed by atoms with Crippen molar-refractivity contribution in [2.24, 2.45) is 0 Å². The molecule has 0 spiro atoms. The molecule has 1 aliphatic heterocycles. The third kappa shape index (κ3) is 3.02. The van der Waals surface area contributed by atoms with E-state index in [1.807, 2.05) is 12.1 Å². The van der Waals surface area contributed by atoms with Crippen LogP contribution in [0.25, 0.3) is 0 Å². The van der Waals surface area contributed by atoms with Crippen molar-refractivity contribution in [3.8, 4) is 0 Å². The van der Waals surface area contributed by atoms with Gasteiger partial charge in [-0.2, -0.15) is 0 Å². The van der Waals surface area contributed by atoms with Crippen LogP contribution in [0, 0.1) is 0 Å². The SMILES string of the molecule is CC1CCCC(C)N1Cc1ccc(N)cc1Br. The molecule has 0 saturated carbocycles. The van der Waals surface area contributed by atoms with Crippen molar-refractivity contribution in [3.05, 3.63) is 28.2 Å². The van der Waals surface area contributed by atoms with Gasteiger partial charge in [-0.3, -0.25) is 4.90 Å². The van der Waals surface area contributed by atoms with E-state index in [1.54, 1.807) is 0 Å². The Morgan fingerprint density at radius 1 is 1.29 bits per heavy atom. The minimum atomic E-state index is 0.684. The van der Waals surface area contributed by atoms with Crippen molar-refractivity contribution in [2.75, 3.05) is 5.73 Å². The molecule has 2 rings (SSSR count). The highest BCUT2D eigenvalue weighted by molar-refractivity contribution is 9.10. The van der Waals surface area contributed by atoms with Gasteiger partial charge in [-0.1, -0.05) is 28.4 Å². The van der Waals surface area contributed by atoms with Gasteiger partial charge < -0.3 is 5.73 Å². The van der Waals surface area contributed by atoms with Crippen LogP contribution in [0.15, 0.2) is 22.7 Å². The molecule has 2 nitrogen and oxygen atoms in total. The van der Waals surface area contributed by atoms with E-state index < -0.39 is 0 Å². The van der Waals surface area contributed by atoms with E-state index >= 15 is 0 Å². The summed E-state index contributed by atoms with van der Waals surface area (Å²) in [4.78, 5) is 2.60. The first kappa shape index (κ1) is 12.9. The summed E-state index contributed by atoms with van der Waals surface area (Å²) in [6.07, 6.45) is 4.00. The Kier molecular flexibility index (Phi) is 4.10. The lowest BCUT2D eigenvalue weighted by Gasteiger charge is -2.39. The Labute approximate surface area is 112 Å². The van der Waals surface area contributed by atoms with Gasteiger partial charge in [-0.25, -0.2) is 0 Å². The highest BCUT2D eigenvalue weighted by atomic mass is 79.9. The second-order valence-electron chi connectivity index (χ2n) is 5.15. The van der Waals surface area contributed by atoms with E-state index in [9.17, 15) is 0 Å². The van der Waals surface area contributed by atoms with Gasteiger partial charge in [0.05, 0.1) is 0 Å². The molecule has 2 atom stereocenters. The minimum Gasteiger partial charge on any atom is -0.399 e. The van der Waals surface area contributed by atoms with Crippen LogP contribution in [0.1, 0.15) is 38.7 Å². The Morgan fingerprint density at radius 3 is 2.53 bits per heavy atom. The molecule has 0 radical (unpaired) electrons. The fourth-order valence-electron chi connectivity index (χ4n) is 2.67. The monoisotopic (exact) mass is 296 g/mol. The van der Waals surface area contributed by atoms with Crippen molar-refractivity contribution in [3.63, 3.8) is 0 Å². The summed E-state index contributed by atoms with van der Waals surface area (Å²) in [6, 6.07) is 7.48. The normalized spacial score (nSPS) is 26.1. The number of benzene rings is 1. The van der Waals surface area contributed by atoms with Gasteiger partial charge in [0.1, 0.15) is 0 Å². The molecular weight excluding hydrogens is 276 g/mol. The number of nitrogen functional groups attached to an aromatic ring is 1. The van der Waals surface area contributed by atoms with Crippen LogP contribution in [-0.2, 0) is 6.54 Å². The maximum Gasteiger partial charge on any atom is 0.0325 e. The van der Waals surface area contributed by atoms with Gasteiger partial charge in [0, 0.05) is 28.8 Å². The molecule has 1 saturated heterocycles. The number of piperidine rings is 1. The lowest BCUT2D eigenvalue weighted by molar-refractivity contribution is 0.0950. The first-order chi connectivity index (χ1) is 8.08. The zero-order chi connectivity index (χ0) is 12.4. The third-order valence-electron chi connectivity index (χ3n) is 3.81. The van der Waals surface area contributed by atoms with Gasteiger partial charge in [0.2, 0.25) is 0 Å². The number of likely N-dealkylation sites (tertiary alicyclic amines) is 1. The molecule has 94 valence electrons. The van der Waals surface area contributed by atoms with E-state index in [0.717, 1.165) is 16.7 Å². The number of anilines is 1. The number of rotatable bonds is 2. The highest BCUT2D eigenvalue weighted by Crippen LogP contribution is 2.27. The van der Waals surface area contributed by atoms with Gasteiger partial charge in [0.15, 0.2) is 0 Å². The number of hydrogen-bond donors (Lipinski definition) is 1. The molecule has 1 heterocycles. The summed E-state index contributed by atoms with van der Waals surface area (Å²) in [6.45, 7) is 5.69. The molecule has 0 amide bonds. The van der Waals surface area contributed by atoms with Crippen molar-refractivity contribution in [1.82, 2.24) is 4.90 Å². The molecule has 0 aromatic heterocycles. The zero-order valence-corrected chi connectivity index (χ0v) is 12.2. The Morgan fingerprint density at radius 2 is 1.94 bits per heavy atom. The summed E-state index contributed by atoms with van der Waals surface area (Å²) in [7, 11) is 0. The van der Waals surface area contributed by atoms with Crippen LogP contribution in [0.5, 0.6) is 0 Å². The molecule has 2 N–H and O–H groups in total. The summed E-state index contributed by atoms with van der Waals surface area (Å²) < 4.78 is 1.13. The van der Waals surface area contributed by atoms with Crippen LogP contribution in [0.3, 0.4) is 0 Å². The van der Waals surface area contributed by atoms with E-state index in [1.165, 1.54) is 24.8 Å². The topological polar surface area (TPSA) is 29.3 Å². The highest BCUT2D eigenvalue weighted by Gasteiger charge is 2.24. The summed E-state index contributed by atoms with van der Waals surface area (Å²) in [5.41, 5.74) is 7.92. The Bertz CT molecular complexity index is 382. The predicted octanol–water partition coefficient (Wildman–Crippen LogP) is 3.79. The van der Waals surface area contributed by atoms with Crippen molar-refractivity contribution >= 4 is 21.6 Å². The van der Waals surface area contributed by atoms with E-state index in [0.29, 0.717) is 12.1 Å². The maximum absolute atomic E-state index is 5.77. The van der Waals surface area contributed by atoms with Crippen LogP contribution in [0.4, 0.5) is 5.69 Å². The summed E-state index contributed by atoms with van der Waals surface area (Å²) in [5, 5.41) is 0. The number of hydrogen-bond acceptors (Lipinski definition) is 2. The molecule has 17 heavy (non-hydrogen) atoms. The first-order valence-corrected chi connectivity index (χ1v) is 7.17. The zero-order valence-electron chi connectivity index (χ0n) is 10.6. The summed E-state index contributed by atoms with van der Waals surface area (Å²) >= 11 is 3.61. The third-order valence-corrected chi connectivity index (χ3v) is 4.54. The number of nitrogens with two attached hydrogens (primary N) is 1. The lowest BCUT2D eigenvalue weighted by atomic mass is 9.97. The van der Waals surface area contributed by atoms with Gasteiger partial charge in [-0.05, 0) is 44.4 Å². The Balaban J connectivity index is 2.13. The largest absolute Gasteiger partial charge is 0.399 e. The van der Waals surface area contributed by atoms with E-state index in [-0.39, 0.29) is 0 Å². The van der Waals surface area contributed by atoms with Crippen molar-refractivity contribution < 1.29 is 0 Å². The van der Waals surface area contributed by atoms with Crippen molar-refractivity contribution in [2.45, 2.75) is 51.7 Å². The number of nitrogens with zero attached hydrogens (tertiary/aromatic N) is 1. The minimum absolute atomic E-state index is 0.684. The second-order valence-corrected chi connectivity index (χ2v) is 6.01. The Hall–Kier alpha value is -0.540. The molecule has 1 fully saturated rings. The van der Waals surface area contributed by atoms with Crippen LogP contribution in [-0.4, -0.2) is 17.0 Å². The lowest BCUT2D eigenvalue weighted by Crippen LogP contribution is -2.43. The average Bonchev–Trinajstić information content (AvgIpc) is 2.26. The van der Waals surface area contributed by atoms with Crippen LogP contribution in [0.2, 0.25) is 0 Å². The van der Waals surface area contributed by atoms with Gasteiger partial charge in [-0.15, -0.1) is 0 Å². The molecule has 1 aromatic rings. The quantitative estimate of drug-likeness (QED) is 0.841. The molecule has 0 bridgehead atoms. The smallest absolute Gasteiger partial charge is 0.0325 e. The second kappa shape index (κ2) is 5.40. The number of halogens is 1. The average molecular weight is 297 g/mol. The van der Waals surface area contributed by atoms with Gasteiger partial charge >= 0.3 is 0 Å². The maximum atomic E-state index is 5.77. The van der Waals surface area contributed by atoms with E-state index in [2.05, 4.69) is 40.7 Å². The molecule has 1 aliphatic rings. The molecule has 2 unspecified atom stereocenters. The molecule has 0 aliphatic carbocycles. The fraction of sp³-hybridized carbons (Fsp3) is 0.571. The molecule has 1 aromatic carbocycles. The van der Waals surface area contributed by atoms with Crippen LogP contribution < -0.4 is 5.73 Å². The molecule has 3 heteroatoms. The van der Waals surface area contributed by atoms with Crippen molar-refractivity contribution in [1.29, 1.82) is 0 Å². The van der Waals surface area contributed by atoms with Gasteiger partial charge in [0.25, 0.3) is 0 Å². The first-order valence-electron chi connectivity index (χ1n) is 6.37. The molecular formula is C14H21BrN2. The summed E-state index contributed by atoms with van der Waals surface area (Å²) in [5.74, 6) is 0. The predicted molar refractivity (Wildman–Crippen MR) is 76.9 cm³/mol. The van der Waals surface area contributed by atoms with E-state index in [4.69, 9.17) is 5.73 Å². The standard InChI is InChI=1S/C14H21BrN2/c1-10-4-3-5-11(2)17(10)9-12-6-7-13(16)8-14(12)15/h6-8,10-11H,3-5,9,16H2,1-2H3. The fourth-order valence-corrected chi connectivity index (χ4v) is 3.20. The van der Waals surface area contributed by atoms with Crippen LogP contribution >= 0.6 is 15.9 Å².